The molecule has 19 heavy (non-hydrogen) atoms. The van der Waals surface area contributed by atoms with Crippen LogP contribution < -0.4 is 0 Å². The van der Waals surface area contributed by atoms with E-state index in [9.17, 15) is 10.2 Å². The first-order valence-corrected chi connectivity index (χ1v) is 5.87. The maximum atomic E-state index is 9.28. The van der Waals surface area contributed by atoms with E-state index in [0.717, 1.165) is 11.1 Å². The van der Waals surface area contributed by atoms with E-state index in [-0.39, 0.29) is 0 Å². The molecule has 1 aliphatic rings. The van der Waals surface area contributed by atoms with E-state index in [4.69, 9.17) is 12.8 Å². The Labute approximate surface area is 114 Å². The number of aliphatic hydroxyl groups excluding tert-OH is 2. The molecule has 2 N–H and O–H groups in total. The molecule has 1 rings (SSSR count). The predicted molar refractivity (Wildman–Crippen MR) is 77.9 cm³/mol. The SMILES string of the molecule is C#CC(O)/C=C/C1=CC=CC=C(/C=C/C(O)C#C)C1. The summed E-state index contributed by atoms with van der Waals surface area (Å²) < 4.78 is 0. The van der Waals surface area contributed by atoms with E-state index in [0.29, 0.717) is 6.42 Å². The standard InChI is InChI=1S/C17H16O2/c1-3-16(18)11-9-14-7-5-6-8-15(13-14)10-12-17(19)4-2/h1-2,5-12,16-19H,13H2/b11-9+,12-10+. The van der Waals surface area contributed by atoms with E-state index < -0.39 is 12.2 Å². The number of rotatable bonds is 4. The Balaban J connectivity index is 2.73. The van der Waals surface area contributed by atoms with Gasteiger partial charge in [-0.25, -0.2) is 0 Å². The average molecular weight is 252 g/mol. The molecule has 0 radical (unpaired) electrons. The van der Waals surface area contributed by atoms with E-state index in [1.165, 1.54) is 0 Å². The largest absolute Gasteiger partial charge is 0.377 e. The normalized spacial score (nSPS) is 18.3. The van der Waals surface area contributed by atoms with Gasteiger partial charge in [-0.15, -0.1) is 12.8 Å². The van der Waals surface area contributed by atoms with Crippen molar-refractivity contribution in [3.63, 3.8) is 0 Å². The highest BCUT2D eigenvalue weighted by Gasteiger charge is 2.01. The molecule has 2 atom stereocenters. The third kappa shape index (κ3) is 5.75. The summed E-state index contributed by atoms with van der Waals surface area (Å²) in [5.74, 6) is 4.44. The van der Waals surface area contributed by atoms with Crippen molar-refractivity contribution in [2.24, 2.45) is 0 Å². The van der Waals surface area contributed by atoms with Gasteiger partial charge in [-0.3, -0.25) is 0 Å². The van der Waals surface area contributed by atoms with Gasteiger partial charge in [-0.1, -0.05) is 48.3 Å². The summed E-state index contributed by atoms with van der Waals surface area (Å²) in [7, 11) is 0. The first-order valence-electron chi connectivity index (χ1n) is 5.87. The Kier molecular flexibility index (Phi) is 6.19. The van der Waals surface area contributed by atoms with Crippen molar-refractivity contribution in [3.8, 4) is 24.7 Å². The quantitative estimate of drug-likeness (QED) is 0.750. The minimum absolute atomic E-state index is 0.675. The molecule has 0 aliphatic heterocycles. The van der Waals surface area contributed by atoms with Crippen molar-refractivity contribution >= 4 is 0 Å². The molecule has 96 valence electrons. The van der Waals surface area contributed by atoms with Gasteiger partial charge in [-0.2, -0.15) is 0 Å². The summed E-state index contributed by atoms with van der Waals surface area (Å²) in [6, 6.07) is 0. The van der Waals surface area contributed by atoms with Gasteiger partial charge in [0.05, 0.1) is 0 Å². The van der Waals surface area contributed by atoms with Gasteiger partial charge in [0, 0.05) is 0 Å². The molecule has 0 amide bonds. The Bertz CT molecular complexity index is 483. The summed E-state index contributed by atoms with van der Waals surface area (Å²) in [5.41, 5.74) is 2.02. The van der Waals surface area contributed by atoms with Gasteiger partial charge < -0.3 is 10.2 Å². The fraction of sp³-hybridized carbons (Fsp3) is 0.176. The first-order chi connectivity index (χ1) is 9.15. The van der Waals surface area contributed by atoms with Crippen molar-refractivity contribution in [1.82, 2.24) is 0 Å². The highest BCUT2D eigenvalue weighted by Crippen LogP contribution is 2.17. The van der Waals surface area contributed by atoms with Gasteiger partial charge in [0.25, 0.3) is 0 Å². The van der Waals surface area contributed by atoms with Crippen LogP contribution in [0.4, 0.5) is 0 Å². The Morgan fingerprint density at radius 1 is 0.947 bits per heavy atom. The van der Waals surface area contributed by atoms with Crippen LogP contribution in [-0.2, 0) is 0 Å². The molecule has 2 unspecified atom stereocenters. The molecular formula is C17H16O2. The molecule has 2 nitrogen and oxygen atoms in total. The van der Waals surface area contributed by atoms with Gasteiger partial charge in [0.2, 0.25) is 0 Å². The van der Waals surface area contributed by atoms with Crippen molar-refractivity contribution in [3.05, 3.63) is 59.8 Å². The lowest BCUT2D eigenvalue weighted by Gasteiger charge is -2.03. The summed E-state index contributed by atoms with van der Waals surface area (Å²) in [5, 5.41) is 18.6. The Morgan fingerprint density at radius 2 is 1.37 bits per heavy atom. The van der Waals surface area contributed by atoms with Gasteiger partial charge in [0.1, 0.15) is 12.2 Å². The van der Waals surface area contributed by atoms with Crippen LogP contribution in [0, 0.1) is 24.7 Å². The first kappa shape index (κ1) is 14.8. The topological polar surface area (TPSA) is 40.5 Å². The van der Waals surface area contributed by atoms with Crippen LogP contribution in [0.5, 0.6) is 0 Å². The average Bonchev–Trinajstić information content (AvgIpc) is 2.67. The Morgan fingerprint density at radius 3 is 1.74 bits per heavy atom. The summed E-state index contributed by atoms with van der Waals surface area (Å²) >= 11 is 0. The van der Waals surface area contributed by atoms with E-state index in [2.05, 4.69) is 11.8 Å². The third-order valence-electron chi connectivity index (χ3n) is 2.47. The molecule has 0 spiro atoms. The molecule has 0 aromatic heterocycles. The fourth-order valence-corrected chi connectivity index (χ4v) is 1.48. The second kappa shape index (κ2) is 7.95. The predicted octanol–water partition coefficient (Wildman–Crippen LogP) is 1.90. The van der Waals surface area contributed by atoms with Crippen LogP contribution in [0.1, 0.15) is 6.42 Å². The number of hydrogen-bond acceptors (Lipinski definition) is 2. The number of allylic oxidation sites excluding steroid dienone is 8. The van der Waals surface area contributed by atoms with Crippen LogP contribution >= 0.6 is 0 Å². The maximum absolute atomic E-state index is 9.28. The van der Waals surface area contributed by atoms with E-state index in [1.807, 2.05) is 24.3 Å². The van der Waals surface area contributed by atoms with Crippen molar-refractivity contribution in [2.45, 2.75) is 18.6 Å². The lowest BCUT2D eigenvalue weighted by molar-refractivity contribution is 0.280. The van der Waals surface area contributed by atoms with Gasteiger partial charge >= 0.3 is 0 Å². The van der Waals surface area contributed by atoms with E-state index >= 15 is 0 Å². The molecule has 0 bridgehead atoms. The molecule has 0 heterocycles. The van der Waals surface area contributed by atoms with Crippen molar-refractivity contribution in [1.29, 1.82) is 0 Å². The zero-order valence-electron chi connectivity index (χ0n) is 10.5. The smallest absolute Gasteiger partial charge is 0.133 e. The molecule has 0 aromatic carbocycles. The van der Waals surface area contributed by atoms with Crippen molar-refractivity contribution < 1.29 is 10.2 Å². The third-order valence-corrected chi connectivity index (χ3v) is 2.47. The summed E-state index contributed by atoms with van der Waals surface area (Å²) in [6.45, 7) is 0. The lowest BCUT2D eigenvalue weighted by Crippen LogP contribution is -1.97. The second-order valence-corrected chi connectivity index (χ2v) is 3.99. The van der Waals surface area contributed by atoms with Gasteiger partial charge in [-0.05, 0) is 29.7 Å². The van der Waals surface area contributed by atoms with Crippen LogP contribution in [0.3, 0.4) is 0 Å². The molecule has 0 saturated carbocycles. The van der Waals surface area contributed by atoms with Crippen LogP contribution in [0.15, 0.2) is 59.8 Å². The van der Waals surface area contributed by atoms with Crippen LogP contribution in [0.2, 0.25) is 0 Å². The highest BCUT2D eigenvalue weighted by molar-refractivity contribution is 5.39. The zero-order chi connectivity index (χ0) is 14.1. The second-order valence-electron chi connectivity index (χ2n) is 3.99. The minimum Gasteiger partial charge on any atom is -0.377 e. The van der Waals surface area contributed by atoms with Crippen LogP contribution in [-0.4, -0.2) is 22.4 Å². The molecule has 0 saturated heterocycles. The summed E-state index contributed by atoms with van der Waals surface area (Å²) in [6.07, 6.45) is 23.5. The molecule has 2 heteroatoms. The lowest BCUT2D eigenvalue weighted by atomic mass is 10.0. The minimum atomic E-state index is -0.876. The summed E-state index contributed by atoms with van der Waals surface area (Å²) in [4.78, 5) is 0. The highest BCUT2D eigenvalue weighted by atomic mass is 16.3. The van der Waals surface area contributed by atoms with E-state index in [1.54, 1.807) is 24.3 Å². The number of aliphatic hydroxyl groups is 2. The zero-order valence-corrected chi connectivity index (χ0v) is 10.5. The molecule has 0 aromatic rings. The maximum Gasteiger partial charge on any atom is 0.133 e. The molecule has 1 aliphatic carbocycles. The number of terminal acetylenes is 2. The number of hydrogen-bond donors (Lipinski definition) is 2. The monoisotopic (exact) mass is 252 g/mol. The van der Waals surface area contributed by atoms with Crippen molar-refractivity contribution in [2.75, 3.05) is 0 Å². The molecule has 0 fully saturated rings. The van der Waals surface area contributed by atoms with Gasteiger partial charge in [0.15, 0.2) is 0 Å². The van der Waals surface area contributed by atoms with Crippen LogP contribution in [0.25, 0.3) is 0 Å². The fourth-order valence-electron chi connectivity index (χ4n) is 1.48. The molecular weight excluding hydrogens is 236 g/mol. The Hall–Kier alpha value is -2.26.